The summed E-state index contributed by atoms with van der Waals surface area (Å²) in [5.41, 5.74) is 2.37. The third kappa shape index (κ3) is 4.46. The number of thioether (sulfide) groups is 1. The highest BCUT2D eigenvalue weighted by atomic mass is 32.2. The zero-order valence-corrected chi connectivity index (χ0v) is 17.5. The second-order valence-electron chi connectivity index (χ2n) is 7.85. The molecule has 0 atom stereocenters. The quantitative estimate of drug-likeness (QED) is 0.554. The number of piperidine rings is 1. The van der Waals surface area contributed by atoms with Gasteiger partial charge < -0.3 is 4.90 Å². The van der Waals surface area contributed by atoms with Crippen molar-refractivity contribution in [2.75, 3.05) is 25.4 Å². The molecule has 2 aromatic rings. The van der Waals surface area contributed by atoms with Crippen LogP contribution in [0.15, 0.2) is 34.2 Å². The van der Waals surface area contributed by atoms with Crippen molar-refractivity contribution in [3.05, 3.63) is 57.3 Å². The van der Waals surface area contributed by atoms with E-state index in [1.807, 2.05) is 11.5 Å². The van der Waals surface area contributed by atoms with Gasteiger partial charge in [0, 0.05) is 41.6 Å². The van der Waals surface area contributed by atoms with Gasteiger partial charge in [-0.1, -0.05) is 11.8 Å². The largest absolute Gasteiger partial charge is 0.303 e. The van der Waals surface area contributed by atoms with Gasteiger partial charge in [0.05, 0.1) is 0 Å². The zero-order valence-electron chi connectivity index (χ0n) is 16.7. The Morgan fingerprint density at radius 1 is 1.21 bits per heavy atom. The van der Waals surface area contributed by atoms with E-state index >= 15 is 0 Å². The third-order valence-corrected chi connectivity index (χ3v) is 7.02. The topological polar surface area (TPSA) is 55.2 Å². The van der Waals surface area contributed by atoms with Gasteiger partial charge in [-0.05, 0) is 70.0 Å². The molecule has 1 fully saturated rings. The van der Waals surface area contributed by atoms with Crippen LogP contribution in [0.4, 0.5) is 4.39 Å². The molecule has 0 amide bonds. The molecule has 3 heterocycles. The van der Waals surface area contributed by atoms with Gasteiger partial charge in [0.2, 0.25) is 0 Å². The van der Waals surface area contributed by atoms with Crippen molar-refractivity contribution in [2.24, 2.45) is 5.92 Å². The van der Waals surface area contributed by atoms with E-state index in [1.54, 1.807) is 23.9 Å². The number of benzene rings is 1. The number of halogens is 1. The Balaban J connectivity index is 1.34. The predicted molar refractivity (Wildman–Crippen MR) is 112 cm³/mol. The van der Waals surface area contributed by atoms with E-state index in [0.29, 0.717) is 12.0 Å². The maximum atomic E-state index is 13.1. The fourth-order valence-electron chi connectivity index (χ4n) is 4.20. The lowest BCUT2D eigenvalue weighted by atomic mass is 9.89. The van der Waals surface area contributed by atoms with Crippen LogP contribution in [0.5, 0.6) is 0 Å². The molecule has 154 valence electrons. The highest BCUT2D eigenvalue weighted by molar-refractivity contribution is 7.99. The van der Waals surface area contributed by atoms with Gasteiger partial charge in [-0.3, -0.25) is 14.2 Å². The van der Waals surface area contributed by atoms with Crippen LogP contribution in [-0.2, 0) is 13.0 Å². The van der Waals surface area contributed by atoms with Gasteiger partial charge in [-0.2, -0.15) is 0 Å². The van der Waals surface area contributed by atoms with Crippen molar-refractivity contribution < 1.29 is 9.18 Å². The third-order valence-electron chi connectivity index (χ3n) is 5.96. The maximum Gasteiger partial charge on any atom is 0.257 e. The molecular formula is C22H26FN3O2S. The Morgan fingerprint density at radius 3 is 2.66 bits per heavy atom. The summed E-state index contributed by atoms with van der Waals surface area (Å²) in [6, 6.07) is 5.83. The van der Waals surface area contributed by atoms with Crippen LogP contribution in [0.25, 0.3) is 0 Å². The van der Waals surface area contributed by atoms with Crippen LogP contribution in [0.3, 0.4) is 0 Å². The van der Waals surface area contributed by atoms with Crippen molar-refractivity contribution in [2.45, 2.75) is 44.3 Å². The van der Waals surface area contributed by atoms with Crippen molar-refractivity contribution in [3.63, 3.8) is 0 Å². The summed E-state index contributed by atoms with van der Waals surface area (Å²) < 4.78 is 14.9. The lowest BCUT2D eigenvalue weighted by Crippen LogP contribution is -2.38. The summed E-state index contributed by atoms with van der Waals surface area (Å²) in [7, 11) is 0. The van der Waals surface area contributed by atoms with E-state index in [2.05, 4.69) is 9.88 Å². The molecule has 0 radical (unpaired) electrons. The number of fused-ring (bicyclic) bond motifs is 1. The number of Topliss-reactive ketones (excluding diaryl/α,β-unsaturated/α-hetero) is 1. The second kappa shape index (κ2) is 8.79. The Labute approximate surface area is 174 Å². The Morgan fingerprint density at radius 2 is 1.93 bits per heavy atom. The Hall–Kier alpha value is -1.99. The second-order valence-corrected chi connectivity index (χ2v) is 8.92. The molecule has 7 heteroatoms. The molecule has 0 unspecified atom stereocenters. The molecule has 0 N–H and O–H groups in total. The minimum Gasteiger partial charge on any atom is -0.303 e. The van der Waals surface area contributed by atoms with Crippen LogP contribution in [0.1, 0.15) is 40.9 Å². The van der Waals surface area contributed by atoms with Crippen LogP contribution in [0, 0.1) is 18.7 Å². The molecule has 2 aliphatic rings. The summed E-state index contributed by atoms with van der Waals surface area (Å²) in [5, 5.41) is 0.850. The summed E-state index contributed by atoms with van der Waals surface area (Å²) in [6.45, 7) is 5.18. The Bertz CT molecular complexity index is 950. The molecule has 0 aliphatic carbocycles. The lowest BCUT2D eigenvalue weighted by molar-refractivity contribution is 0.0841. The molecule has 0 saturated carbocycles. The summed E-state index contributed by atoms with van der Waals surface area (Å²) >= 11 is 1.66. The predicted octanol–water partition coefficient (Wildman–Crippen LogP) is 3.32. The van der Waals surface area contributed by atoms with E-state index in [4.69, 9.17) is 0 Å². The van der Waals surface area contributed by atoms with Gasteiger partial charge in [-0.25, -0.2) is 9.37 Å². The Kier molecular flexibility index (Phi) is 6.15. The first-order chi connectivity index (χ1) is 14.0. The van der Waals surface area contributed by atoms with Crippen molar-refractivity contribution >= 4 is 17.5 Å². The highest BCUT2D eigenvalue weighted by Gasteiger charge is 2.26. The molecule has 5 nitrogen and oxygen atoms in total. The fourth-order valence-corrected chi connectivity index (χ4v) is 5.18. The van der Waals surface area contributed by atoms with E-state index in [0.717, 1.165) is 67.6 Å². The lowest BCUT2D eigenvalue weighted by Gasteiger charge is -2.31. The van der Waals surface area contributed by atoms with Crippen LogP contribution in [-0.4, -0.2) is 45.6 Å². The average Bonchev–Trinajstić information content (AvgIpc) is 2.74. The minimum absolute atomic E-state index is 0.00786. The van der Waals surface area contributed by atoms with Gasteiger partial charge in [0.25, 0.3) is 5.56 Å². The molecular weight excluding hydrogens is 389 g/mol. The fraction of sp³-hybridized carbons (Fsp3) is 0.500. The van der Waals surface area contributed by atoms with Crippen molar-refractivity contribution in [1.82, 2.24) is 14.5 Å². The number of likely N-dealkylation sites (tertiary alicyclic amines) is 1. The molecule has 0 spiro atoms. The first-order valence-corrected chi connectivity index (χ1v) is 11.3. The minimum atomic E-state index is -0.321. The monoisotopic (exact) mass is 415 g/mol. The molecule has 1 aromatic carbocycles. The van der Waals surface area contributed by atoms with Crippen LogP contribution in [0.2, 0.25) is 0 Å². The molecule has 1 aromatic heterocycles. The molecule has 2 aliphatic heterocycles. The normalized spacial score (nSPS) is 17.9. The van der Waals surface area contributed by atoms with Crippen LogP contribution >= 0.6 is 11.8 Å². The van der Waals surface area contributed by atoms with Crippen LogP contribution < -0.4 is 5.56 Å². The maximum absolute atomic E-state index is 13.1. The number of aryl methyl sites for hydroxylation is 1. The van der Waals surface area contributed by atoms with E-state index < -0.39 is 0 Å². The molecule has 29 heavy (non-hydrogen) atoms. The van der Waals surface area contributed by atoms with Crippen molar-refractivity contribution in [1.29, 1.82) is 0 Å². The van der Waals surface area contributed by atoms with Crippen molar-refractivity contribution in [3.8, 4) is 0 Å². The SMILES string of the molecule is Cc1nc2n(c(=O)c1CCN1CCC(C(=O)c3ccc(F)cc3)CC1)CCCS2. The standard InChI is InChI=1S/C22H26FN3O2S/c1-15-19(21(28)26-10-2-14-29-22(26)24-15)9-13-25-11-7-17(8-12-25)20(27)16-3-5-18(23)6-4-16/h3-6,17H,2,7-14H2,1H3. The van der Waals surface area contributed by atoms with Gasteiger partial charge >= 0.3 is 0 Å². The number of nitrogens with zero attached hydrogens (tertiary/aromatic N) is 3. The number of hydrogen-bond donors (Lipinski definition) is 0. The van der Waals surface area contributed by atoms with Gasteiger partial charge in [-0.15, -0.1) is 0 Å². The first kappa shape index (κ1) is 20.3. The number of rotatable bonds is 5. The molecule has 1 saturated heterocycles. The smallest absolute Gasteiger partial charge is 0.257 e. The number of aromatic nitrogens is 2. The van der Waals surface area contributed by atoms with Gasteiger partial charge in [0.1, 0.15) is 5.82 Å². The molecule has 4 rings (SSSR count). The number of ketones is 1. The number of carbonyl (C=O) groups is 1. The van der Waals surface area contributed by atoms with E-state index in [-0.39, 0.29) is 23.1 Å². The molecule has 0 bridgehead atoms. The highest BCUT2D eigenvalue weighted by Crippen LogP contribution is 2.24. The zero-order chi connectivity index (χ0) is 20.4. The van der Waals surface area contributed by atoms with E-state index in [1.165, 1.54) is 12.1 Å². The average molecular weight is 416 g/mol. The van der Waals surface area contributed by atoms with E-state index in [9.17, 15) is 14.0 Å². The first-order valence-electron chi connectivity index (χ1n) is 10.3. The summed E-state index contributed by atoms with van der Waals surface area (Å²) in [5.74, 6) is 0.802. The number of carbonyl (C=O) groups excluding carboxylic acids is 1. The summed E-state index contributed by atoms with van der Waals surface area (Å²) in [4.78, 5) is 32.5. The van der Waals surface area contributed by atoms with Gasteiger partial charge in [0.15, 0.2) is 10.9 Å². The number of hydrogen-bond acceptors (Lipinski definition) is 5. The summed E-state index contributed by atoms with van der Waals surface area (Å²) in [6.07, 6.45) is 3.30.